The topological polar surface area (TPSA) is 87.4 Å². The molecule has 1 fully saturated rings. The van der Waals surface area contributed by atoms with Gasteiger partial charge in [-0.1, -0.05) is 19.9 Å². The van der Waals surface area contributed by atoms with Crippen LogP contribution in [0.2, 0.25) is 0 Å². The van der Waals surface area contributed by atoms with E-state index >= 15 is 0 Å². The first kappa shape index (κ1) is 23.1. The van der Waals surface area contributed by atoms with Crippen LogP contribution in [0.15, 0.2) is 42.0 Å². The number of likely N-dealkylation sites (tertiary alicyclic amines) is 1. The van der Waals surface area contributed by atoms with E-state index in [1.54, 1.807) is 12.5 Å². The maximum absolute atomic E-state index is 12.2. The number of guanidine groups is 1. The zero-order chi connectivity index (χ0) is 19.9. The lowest BCUT2D eigenvalue weighted by atomic mass is 10.2. The van der Waals surface area contributed by atoms with Gasteiger partial charge in [0.2, 0.25) is 5.91 Å². The Morgan fingerprint density at radius 3 is 2.83 bits per heavy atom. The summed E-state index contributed by atoms with van der Waals surface area (Å²) in [5, 5.41) is 6.74. The number of aromatic nitrogens is 3. The molecule has 29 heavy (non-hydrogen) atoms. The third kappa shape index (κ3) is 6.41. The van der Waals surface area contributed by atoms with Gasteiger partial charge in [-0.15, -0.1) is 24.0 Å². The summed E-state index contributed by atoms with van der Waals surface area (Å²) in [7, 11) is 0. The molecule has 1 aliphatic rings. The molecule has 1 unspecified atom stereocenters. The van der Waals surface area contributed by atoms with Gasteiger partial charge in [-0.3, -0.25) is 9.36 Å². The largest absolute Gasteiger partial charge is 0.357 e. The first-order chi connectivity index (χ1) is 13.6. The Hall–Kier alpha value is -2.17. The summed E-state index contributed by atoms with van der Waals surface area (Å²) in [6, 6.07) is 4.20. The van der Waals surface area contributed by atoms with Crippen molar-refractivity contribution in [2.24, 2.45) is 10.9 Å². The van der Waals surface area contributed by atoms with Crippen LogP contribution in [0, 0.1) is 5.92 Å². The summed E-state index contributed by atoms with van der Waals surface area (Å²) in [4.78, 5) is 27.3. The number of carbonyl (C=O) groups excluding carboxylic acids is 1. The van der Waals surface area contributed by atoms with E-state index in [-0.39, 0.29) is 41.8 Å². The van der Waals surface area contributed by atoms with Crippen molar-refractivity contribution in [1.29, 1.82) is 0 Å². The molecule has 3 rings (SSSR count). The van der Waals surface area contributed by atoms with Gasteiger partial charge in [-0.05, 0) is 25.0 Å². The smallest absolute Gasteiger partial charge is 0.225 e. The Morgan fingerprint density at radius 2 is 2.21 bits per heavy atom. The maximum Gasteiger partial charge on any atom is 0.225 e. The predicted molar refractivity (Wildman–Crippen MR) is 125 cm³/mol. The van der Waals surface area contributed by atoms with Crippen molar-refractivity contribution < 1.29 is 4.79 Å². The summed E-state index contributed by atoms with van der Waals surface area (Å²) in [6.45, 7) is 8.78. The van der Waals surface area contributed by atoms with Crippen LogP contribution in [0.25, 0.3) is 5.82 Å². The summed E-state index contributed by atoms with van der Waals surface area (Å²) in [5.74, 6) is 1.86. The van der Waals surface area contributed by atoms with Crippen molar-refractivity contribution in [3.8, 4) is 5.82 Å². The van der Waals surface area contributed by atoms with Crippen molar-refractivity contribution >= 4 is 35.8 Å². The molecule has 0 radical (unpaired) electrons. The molecule has 8 nitrogen and oxygen atoms in total. The zero-order valence-electron chi connectivity index (χ0n) is 17.2. The number of pyridine rings is 1. The number of amides is 1. The van der Waals surface area contributed by atoms with Gasteiger partial charge in [0, 0.05) is 50.2 Å². The molecule has 1 aliphatic heterocycles. The SMILES string of the molecule is CCNC(=NCc1ccc(-n2ccnc2)nc1)NC1CCN(C(=O)C(C)C)C1.I. The highest BCUT2D eigenvalue weighted by Crippen LogP contribution is 2.13. The molecule has 2 aromatic rings. The summed E-state index contributed by atoms with van der Waals surface area (Å²) in [6.07, 6.45) is 8.09. The molecule has 0 spiro atoms. The molecule has 0 aromatic carbocycles. The fraction of sp³-hybridized carbons (Fsp3) is 0.500. The average Bonchev–Trinajstić information content (AvgIpc) is 3.38. The number of hydrogen-bond acceptors (Lipinski definition) is 4. The Bertz CT molecular complexity index is 790. The van der Waals surface area contributed by atoms with E-state index in [1.165, 1.54) is 0 Å². The molecule has 3 heterocycles. The Labute approximate surface area is 189 Å². The van der Waals surface area contributed by atoms with Crippen molar-refractivity contribution in [2.45, 2.75) is 39.8 Å². The van der Waals surface area contributed by atoms with Crippen LogP contribution in [-0.2, 0) is 11.3 Å². The van der Waals surface area contributed by atoms with Gasteiger partial charge in [-0.2, -0.15) is 0 Å². The van der Waals surface area contributed by atoms with Gasteiger partial charge in [-0.25, -0.2) is 15.0 Å². The van der Waals surface area contributed by atoms with E-state index in [4.69, 9.17) is 0 Å². The van der Waals surface area contributed by atoms with Crippen molar-refractivity contribution in [3.63, 3.8) is 0 Å². The second kappa shape index (κ2) is 11.1. The van der Waals surface area contributed by atoms with E-state index in [2.05, 4.69) is 25.6 Å². The standard InChI is InChI=1S/C20H29N7O.HI/c1-4-22-20(25-17-7-9-26(13-17)19(28)15(2)3)24-12-16-5-6-18(23-11-16)27-10-8-21-14-27;/h5-6,8,10-11,14-15,17H,4,7,9,12-13H2,1-3H3,(H2,22,24,25);1H. The van der Waals surface area contributed by atoms with Crippen LogP contribution < -0.4 is 10.6 Å². The normalized spacial score (nSPS) is 16.6. The maximum atomic E-state index is 12.2. The number of nitrogens with zero attached hydrogens (tertiary/aromatic N) is 5. The number of rotatable bonds is 6. The van der Waals surface area contributed by atoms with Crippen LogP contribution >= 0.6 is 24.0 Å². The average molecular weight is 511 g/mol. The Morgan fingerprint density at radius 1 is 1.38 bits per heavy atom. The molecule has 9 heteroatoms. The van der Waals surface area contributed by atoms with E-state index in [0.717, 1.165) is 43.4 Å². The number of aliphatic imine (C=N–C) groups is 1. The molecule has 0 saturated carbocycles. The molecule has 158 valence electrons. The molecule has 2 aromatic heterocycles. The Kier molecular flexibility index (Phi) is 8.87. The van der Waals surface area contributed by atoms with Crippen LogP contribution in [-0.4, -0.2) is 57.0 Å². The third-order valence-corrected chi connectivity index (χ3v) is 4.68. The zero-order valence-corrected chi connectivity index (χ0v) is 19.5. The number of halogens is 1. The first-order valence-electron chi connectivity index (χ1n) is 9.83. The van der Waals surface area contributed by atoms with E-state index in [9.17, 15) is 4.79 Å². The lowest BCUT2D eigenvalue weighted by Crippen LogP contribution is -2.45. The summed E-state index contributed by atoms with van der Waals surface area (Å²) < 4.78 is 1.86. The molecule has 0 bridgehead atoms. The van der Waals surface area contributed by atoms with Crippen LogP contribution in [0.4, 0.5) is 0 Å². The minimum Gasteiger partial charge on any atom is -0.357 e. The van der Waals surface area contributed by atoms with Gasteiger partial charge in [0.05, 0.1) is 6.54 Å². The van der Waals surface area contributed by atoms with E-state index in [0.29, 0.717) is 6.54 Å². The number of carbonyl (C=O) groups is 1. The second-order valence-electron chi connectivity index (χ2n) is 7.26. The predicted octanol–water partition coefficient (Wildman–Crippen LogP) is 2.20. The van der Waals surface area contributed by atoms with Gasteiger partial charge < -0.3 is 15.5 Å². The summed E-state index contributed by atoms with van der Waals surface area (Å²) >= 11 is 0. The molecule has 2 N–H and O–H groups in total. The van der Waals surface area contributed by atoms with E-state index in [1.807, 2.05) is 54.8 Å². The lowest BCUT2D eigenvalue weighted by Gasteiger charge is -2.20. The van der Waals surface area contributed by atoms with E-state index < -0.39 is 0 Å². The second-order valence-corrected chi connectivity index (χ2v) is 7.26. The van der Waals surface area contributed by atoms with Crippen LogP contribution in [0.3, 0.4) is 0 Å². The monoisotopic (exact) mass is 511 g/mol. The molecule has 1 atom stereocenters. The molecule has 0 aliphatic carbocycles. The highest BCUT2D eigenvalue weighted by Gasteiger charge is 2.27. The van der Waals surface area contributed by atoms with Gasteiger partial charge in [0.15, 0.2) is 5.96 Å². The molecular formula is C20H30IN7O. The number of hydrogen-bond donors (Lipinski definition) is 2. The van der Waals surface area contributed by atoms with Gasteiger partial charge in [0.25, 0.3) is 0 Å². The quantitative estimate of drug-likeness (QED) is 0.353. The fourth-order valence-electron chi connectivity index (χ4n) is 3.18. The van der Waals surface area contributed by atoms with Gasteiger partial charge in [0.1, 0.15) is 12.1 Å². The molecule has 1 amide bonds. The van der Waals surface area contributed by atoms with Crippen molar-refractivity contribution in [3.05, 3.63) is 42.6 Å². The molecule has 1 saturated heterocycles. The first-order valence-corrected chi connectivity index (χ1v) is 9.83. The lowest BCUT2D eigenvalue weighted by molar-refractivity contribution is -0.133. The number of imidazole rings is 1. The Balaban J connectivity index is 0.00000300. The minimum atomic E-state index is 0. The van der Waals surface area contributed by atoms with Crippen LogP contribution in [0.5, 0.6) is 0 Å². The summed E-state index contributed by atoms with van der Waals surface area (Å²) in [5.41, 5.74) is 1.03. The van der Waals surface area contributed by atoms with Crippen molar-refractivity contribution in [2.75, 3.05) is 19.6 Å². The highest BCUT2D eigenvalue weighted by atomic mass is 127. The minimum absolute atomic E-state index is 0. The van der Waals surface area contributed by atoms with Gasteiger partial charge >= 0.3 is 0 Å². The highest BCUT2D eigenvalue weighted by molar-refractivity contribution is 14.0. The number of nitrogens with one attached hydrogen (secondary N) is 2. The fourth-order valence-corrected chi connectivity index (χ4v) is 3.18. The van der Waals surface area contributed by atoms with Crippen LogP contribution in [0.1, 0.15) is 32.8 Å². The third-order valence-electron chi connectivity index (χ3n) is 4.68. The molecular weight excluding hydrogens is 481 g/mol. The van der Waals surface area contributed by atoms with Crippen molar-refractivity contribution in [1.82, 2.24) is 30.1 Å².